The van der Waals surface area contributed by atoms with Gasteiger partial charge >= 0.3 is 5.97 Å². The molecule has 0 spiro atoms. The van der Waals surface area contributed by atoms with Crippen LogP contribution in [-0.4, -0.2) is 41.3 Å². The number of allylic oxidation sites excluding steroid dienone is 1. The van der Waals surface area contributed by atoms with Crippen molar-refractivity contribution in [2.45, 2.75) is 19.9 Å². The molecule has 42 heavy (non-hydrogen) atoms. The lowest BCUT2D eigenvalue weighted by molar-refractivity contribution is -0.384. The third kappa shape index (κ3) is 7.05. The van der Waals surface area contributed by atoms with Gasteiger partial charge in [0.1, 0.15) is 22.3 Å². The molecule has 2 aromatic carbocycles. The lowest BCUT2D eigenvalue weighted by atomic mass is 9.95. The smallest absolute Gasteiger partial charge is 0.338 e. The van der Waals surface area contributed by atoms with E-state index in [0.29, 0.717) is 27.7 Å². The fourth-order valence-corrected chi connectivity index (χ4v) is 4.85. The number of furan rings is 1. The monoisotopic (exact) mass is 631 g/mol. The van der Waals surface area contributed by atoms with E-state index in [-0.39, 0.29) is 39.4 Å². The van der Waals surface area contributed by atoms with Crippen LogP contribution in [-0.2, 0) is 14.3 Å². The SMILES string of the molecule is CCOC(=O)C1=C(C)NC(=S)N[C@H]1c1ccccc1OCC(=O)NN=Cc1ccc(-c2cc([N+](=O)[O-])c(Cl)cc2Cl)o1. The van der Waals surface area contributed by atoms with Crippen LogP contribution in [0.4, 0.5) is 5.69 Å². The summed E-state index contributed by atoms with van der Waals surface area (Å²) in [5.41, 5.74) is 3.73. The van der Waals surface area contributed by atoms with E-state index < -0.39 is 29.4 Å². The summed E-state index contributed by atoms with van der Waals surface area (Å²) < 4.78 is 16.6. The summed E-state index contributed by atoms with van der Waals surface area (Å²) in [7, 11) is 0. The predicted octanol–water partition coefficient (Wildman–Crippen LogP) is 5.05. The van der Waals surface area contributed by atoms with E-state index >= 15 is 0 Å². The first kappa shape index (κ1) is 30.5. The Labute approximate surface area is 254 Å². The average Bonchev–Trinajstić information content (AvgIpc) is 3.40. The zero-order valence-electron chi connectivity index (χ0n) is 22.1. The number of hydrazone groups is 1. The van der Waals surface area contributed by atoms with Gasteiger partial charge in [0.05, 0.1) is 34.4 Å². The molecule has 0 fully saturated rings. The van der Waals surface area contributed by atoms with Crippen molar-refractivity contribution >= 4 is 64.3 Å². The summed E-state index contributed by atoms with van der Waals surface area (Å²) in [5.74, 6) is -0.257. The number of carbonyl (C=O) groups excluding carboxylic acids is 2. The first-order valence-electron chi connectivity index (χ1n) is 12.3. The molecule has 0 bridgehead atoms. The van der Waals surface area contributed by atoms with Crippen molar-refractivity contribution in [1.82, 2.24) is 16.1 Å². The Kier molecular flexibility index (Phi) is 9.78. The summed E-state index contributed by atoms with van der Waals surface area (Å²) in [5, 5.41) is 21.4. The molecular formula is C27H23Cl2N5O7S. The molecule has 1 atom stereocenters. The van der Waals surface area contributed by atoms with E-state index in [0.717, 1.165) is 0 Å². The number of amides is 1. The minimum Gasteiger partial charge on any atom is -0.483 e. The molecule has 1 aliphatic rings. The molecule has 3 N–H and O–H groups in total. The number of ether oxygens (including phenoxy) is 2. The van der Waals surface area contributed by atoms with Gasteiger partial charge in [-0.15, -0.1) is 0 Å². The Bertz CT molecular complexity index is 1620. The van der Waals surface area contributed by atoms with Crippen molar-refractivity contribution in [2.24, 2.45) is 5.10 Å². The van der Waals surface area contributed by atoms with Gasteiger partial charge in [0.15, 0.2) is 11.7 Å². The maximum absolute atomic E-state index is 12.7. The fraction of sp³-hybridized carbons (Fsp3) is 0.185. The van der Waals surface area contributed by atoms with E-state index in [4.69, 9.17) is 49.3 Å². The molecule has 0 unspecified atom stereocenters. The van der Waals surface area contributed by atoms with Crippen molar-refractivity contribution in [3.8, 4) is 17.1 Å². The van der Waals surface area contributed by atoms with Gasteiger partial charge in [-0.2, -0.15) is 5.10 Å². The standard InChI is InChI=1S/C27H23Cl2N5O7S/c1-3-39-26(36)24-14(2)31-27(42)32-25(24)16-6-4-5-7-21(16)40-13-23(35)33-30-12-15-8-9-22(41-15)17-10-20(34(37)38)19(29)11-18(17)28/h4-12,25H,3,13H2,1-2H3,(H,33,35)(H2,31,32,42)/t25-/m0/s1. The Hall–Kier alpha value is -4.46. The lowest BCUT2D eigenvalue weighted by Crippen LogP contribution is -2.45. The lowest BCUT2D eigenvalue weighted by Gasteiger charge is -2.30. The molecule has 15 heteroatoms. The number of rotatable bonds is 10. The molecular weight excluding hydrogens is 609 g/mol. The Balaban J connectivity index is 1.42. The molecule has 12 nitrogen and oxygen atoms in total. The second kappa shape index (κ2) is 13.5. The Morgan fingerprint density at radius 3 is 2.71 bits per heavy atom. The van der Waals surface area contributed by atoms with E-state index in [9.17, 15) is 19.7 Å². The van der Waals surface area contributed by atoms with Gasteiger partial charge < -0.3 is 24.5 Å². The average molecular weight is 632 g/mol. The molecule has 0 aliphatic carbocycles. The van der Waals surface area contributed by atoms with Crippen LogP contribution in [0.3, 0.4) is 0 Å². The fourth-order valence-electron chi connectivity index (χ4n) is 4.03. The third-order valence-electron chi connectivity index (χ3n) is 5.86. The molecule has 218 valence electrons. The summed E-state index contributed by atoms with van der Waals surface area (Å²) in [4.78, 5) is 35.7. The number of nitro groups is 1. The normalized spacial score (nSPS) is 14.8. The van der Waals surface area contributed by atoms with E-state index in [1.807, 2.05) is 0 Å². The number of nitrogens with zero attached hydrogens (tertiary/aromatic N) is 2. The van der Waals surface area contributed by atoms with E-state index in [1.165, 1.54) is 18.3 Å². The summed E-state index contributed by atoms with van der Waals surface area (Å²) in [6.45, 7) is 3.23. The van der Waals surface area contributed by atoms with Crippen LogP contribution in [0.5, 0.6) is 5.75 Å². The number of carbonyl (C=O) groups is 2. The minimum absolute atomic E-state index is 0.101. The number of hydrogen-bond donors (Lipinski definition) is 3. The molecule has 0 saturated heterocycles. The highest BCUT2D eigenvalue weighted by molar-refractivity contribution is 7.80. The van der Waals surface area contributed by atoms with E-state index in [1.54, 1.807) is 50.2 Å². The molecule has 1 aliphatic heterocycles. The van der Waals surface area contributed by atoms with Crippen LogP contribution in [0.2, 0.25) is 10.0 Å². The van der Waals surface area contributed by atoms with Crippen LogP contribution in [0, 0.1) is 10.1 Å². The highest BCUT2D eigenvalue weighted by Gasteiger charge is 2.32. The largest absolute Gasteiger partial charge is 0.483 e. The summed E-state index contributed by atoms with van der Waals surface area (Å²) in [6.07, 6.45) is 1.24. The van der Waals surface area contributed by atoms with Crippen LogP contribution in [0.15, 0.2) is 69.3 Å². The third-order valence-corrected chi connectivity index (χ3v) is 6.70. The number of thiocarbonyl (C=S) groups is 1. The molecule has 1 aromatic heterocycles. The number of nitro benzene ring substituents is 1. The molecule has 3 aromatic rings. The minimum atomic E-state index is -0.668. The first-order valence-corrected chi connectivity index (χ1v) is 13.5. The van der Waals surface area contributed by atoms with Crippen LogP contribution in [0.1, 0.15) is 31.2 Å². The first-order chi connectivity index (χ1) is 20.1. The van der Waals surface area contributed by atoms with Gasteiger partial charge in [-0.25, -0.2) is 10.2 Å². The molecule has 2 heterocycles. The van der Waals surface area contributed by atoms with Gasteiger partial charge in [-0.1, -0.05) is 41.4 Å². The molecule has 1 amide bonds. The molecule has 4 rings (SSSR count). The maximum Gasteiger partial charge on any atom is 0.338 e. The Morgan fingerprint density at radius 2 is 1.98 bits per heavy atom. The summed E-state index contributed by atoms with van der Waals surface area (Å²) in [6, 6.07) is 11.8. The van der Waals surface area contributed by atoms with Gasteiger partial charge in [0.25, 0.3) is 11.6 Å². The van der Waals surface area contributed by atoms with Gasteiger partial charge in [-0.05, 0) is 50.3 Å². The summed E-state index contributed by atoms with van der Waals surface area (Å²) >= 11 is 17.3. The van der Waals surface area contributed by atoms with Crippen molar-refractivity contribution < 1.29 is 28.4 Å². The maximum atomic E-state index is 12.7. The van der Waals surface area contributed by atoms with Gasteiger partial charge in [0.2, 0.25) is 0 Å². The Morgan fingerprint density at radius 1 is 1.21 bits per heavy atom. The van der Waals surface area contributed by atoms with E-state index in [2.05, 4.69) is 21.2 Å². The second-order valence-electron chi connectivity index (χ2n) is 8.65. The highest BCUT2D eigenvalue weighted by atomic mass is 35.5. The van der Waals surface area contributed by atoms with Gasteiger partial charge in [-0.3, -0.25) is 14.9 Å². The van der Waals surface area contributed by atoms with Crippen LogP contribution < -0.4 is 20.8 Å². The highest BCUT2D eigenvalue weighted by Crippen LogP contribution is 2.37. The predicted molar refractivity (Wildman–Crippen MR) is 159 cm³/mol. The van der Waals surface area contributed by atoms with Crippen LogP contribution in [0.25, 0.3) is 11.3 Å². The molecule has 0 saturated carbocycles. The van der Waals surface area contributed by atoms with Crippen LogP contribution >= 0.6 is 35.4 Å². The second-order valence-corrected chi connectivity index (χ2v) is 9.88. The number of hydrogen-bond acceptors (Lipinski definition) is 9. The van der Waals surface area contributed by atoms with Gasteiger partial charge in [0, 0.05) is 22.9 Å². The number of halogens is 2. The van der Waals surface area contributed by atoms with Crippen molar-refractivity contribution in [3.63, 3.8) is 0 Å². The number of benzene rings is 2. The topological polar surface area (TPSA) is 157 Å². The zero-order valence-corrected chi connectivity index (χ0v) is 24.4. The molecule has 0 radical (unpaired) electrons. The zero-order chi connectivity index (χ0) is 30.4. The number of esters is 1. The van der Waals surface area contributed by atoms with Crippen molar-refractivity contribution in [3.05, 3.63) is 91.3 Å². The number of para-hydroxylation sites is 1. The quantitative estimate of drug-likeness (QED) is 0.0909. The number of nitrogens with one attached hydrogen (secondary N) is 3. The van der Waals surface area contributed by atoms with Crippen molar-refractivity contribution in [1.29, 1.82) is 0 Å². The van der Waals surface area contributed by atoms with Crippen molar-refractivity contribution in [2.75, 3.05) is 13.2 Å².